The summed E-state index contributed by atoms with van der Waals surface area (Å²) in [7, 11) is -3.72. The molecule has 0 fully saturated rings. The van der Waals surface area contributed by atoms with Crippen LogP contribution in [0, 0.1) is 6.92 Å². The summed E-state index contributed by atoms with van der Waals surface area (Å²) in [6.45, 7) is 4.19. The monoisotopic (exact) mass is 384 g/mol. The molecule has 1 heterocycles. The number of ether oxygens (including phenoxy) is 1. The molecule has 0 unspecified atom stereocenters. The summed E-state index contributed by atoms with van der Waals surface area (Å²) in [5.74, 6) is 1.31. The van der Waals surface area contributed by atoms with Crippen LogP contribution in [0.2, 0.25) is 0 Å². The Hall–Kier alpha value is -3.13. The number of hydrogen-bond acceptors (Lipinski definition) is 6. The van der Waals surface area contributed by atoms with E-state index in [1.54, 1.807) is 43.3 Å². The van der Waals surface area contributed by atoms with Crippen molar-refractivity contribution >= 4 is 27.3 Å². The minimum absolute atomic E-state index is 0.141. The van der Waals surface area contributed by atoms with Crippen LogP contribution in [0.1, 0.15) is 12.5 Å². The average Bonchev–Trinajstić information content (AvgIpc) is 2.65. The Balaban J connectivity index is 1.76. The maximum absolute atomic E-state index is 12.5. The lowest BCUT2D eigenvalue weighted by molar-refractivity contribution is 0.342. The lowest BCUT2D eigenvalue weighted by atomic mass is 10.2. The van der Waals surface area contributed by atoms with Gasteiger partial charge in [-0.15, -0.1) is 10.2 Å². The van der Waals surface area contributed by atoms with Gasteiger partial charge < -0.3 is 10.1 Å². The molecule has 7 nitrogen and oxygen atoms in total. The topological polar surface area (TPSA) is 93.2 Å². The Kier molecular flexibility index (Phi) is 5.56. The molecule has 0 amide bonds. The first-order valence-corrected chi connectivity index (χ1v) is 9.89. The molecule has 0 aliphatic rings. The van der Waals surface area contributed by atoms with E-state index in [9.17, 15) is 8.42 Å². The molecule has 0 saturated heterocycles. The van der Waals surface area contributed by atoms with Crippen molar-refractivity contribution in [2.75, 3.05) is 16.6 Å². The number of aromatic nitrogens is 2. The van der Waals surface area contributed by atoms with E-state index >= 15 is 0 Å². The molecule has 0 aliphatic carbocycles. The van der Waals surface area contributed by atoms with Crippen molar-refractivity contribution in [2.24, 2.45) is 0 Å². The number of sulfonamides is 1. The third kappa shape index (κ3) is 4.53. The first-order valence-electron chi connectivity index (χ1n) is 8.40. The number of rotatable bonds is 7. The van der Waals surface area contributed by atoms with E-state index in [0.717, 1.165) is 5.69 Å². The number of aryl methyl sites for hydroxylation is 1. The second-order valence-electron chi connectivity index (χ2n) is 5.73. The molecule has 2 aromatic carbocycles. The zero-order valence-electron chi connectivity index (χ0n) is 15.0. The third-order valence-electron chi connectivity index (χ3n) is 3.74. The van der Waals surface area contributed by atoms with Gasteiger partial charge in [-0.1, -0.05) is 30.3 Å². The van der Waals surface area contributed by atoms with Gasteiger partial charge >= 0.3 is 0 Å². The molecule has 3 aromatic rings. The summed E-state index contributed by atoms with van der Waals surface area (Å²) < 4.78 is 33.0. The first-order chi connectivity index (χ1) is 13.0. The second-order valence-corrected chi connectivity index (χ2v) is 7.38. The van der Waals surface area contributed by atoms with Crippen molar-refractivity contribution in [3.05, 3.63) is 66.2 Å². The minimum Gasteiger partial charge on any atom is -0.492 e. The summed E-state index contributed by atoms with van der Waals surface area (Å²) in [5.41, 5.74) is 1.41. The standard InChI is InChI=1S/C19H20N4O3S/c1-3-26-16-10-6-5-9-15(16)20-18-12-13-19(22-21-18)23-27(24,25)17-11-7-4-8-14(17)2/h4-13H,3H2,1-2H3,(H,20,21)(H,22,23). The molecule has 1 aromatic heterocycles. The number of nitrogens with zero attached hydrogens (tertiary/aromatic N) is 2. The van der Waals surface area contributed by atoms with Gasteiger partial charge in [-0.25, -0.2) is 8.42 Å². The lowest BCUT2D eigenvalue weighted by Gasteiger charge is -2.12. The fraction of sp³-hybridized carbons (Fsp3) is 0.158. The molecular formula is C19H20N4O3S. The van der Waals surface area contributed by atoms with Crippen LogP contribution in [-0.2, 0) is 10.0 Å². The molecule has 0 aliphatic heterocycles. The predicted molar refractivity (Wildman–Crippen MR) is 105 cm³/mol. The summed E-state index contributed by atoms with van der Waals surface area (Å²) in [6, 6.07) is 17.4. The smallest absolute Gasteiger partial charge is 0.263 e. The van der Waals surface area contributed by atoms with E-state index in [0.29, 0.717) is 23.7 Å². The summed E-state index contributed by atoms with van der Waals surface area (Å²) >= 11 is 0. The molecule has 27 heavy (non-hydrogen) atoms. The molecule has 3 rings (SSSR count). The maximum Gasteiger partial charge on any atom is 0.263 e. The maximum atomic E-state index is 12.5. The Morgan fingerprint density at radius 2 is 1.59 bits per heavy atom. The van der Waals surface area contributed by atoms with Gasteiger partial charge in [0.05, 0.1) is 17.2 Å². The van der Waals surface area contributed by atoms with Crippen molar-refractivity contribution in [1.29, 1.82) is 0 Å². The van der Waals surface area contributed by atoms with Gasteiger partial charge in [0.1, 0.15) is 5.75 Å². The van der Waals surface area contributed by atoms with Crippen LogP contribution in [0.15, 0.2) is 65.6 Å². The van der Waals surface area contributed by atoms with Crippen LogP contribution in [0.4, 0.5) is 17.3 Å². The van der Waals surface area contributed by atoms with Crippen LogP contribution in [0.5, 0.6) is 5.75 Å². The third-order valence-corrected chi connectivity index (χ3v) is 5.25. The Labute approximate surface area is 158 Å². The van der Waals surface area contributed by atoms with Crippen LogP contribution >= 0.6 is 0 Å². The van der Waals surface area contributed by atoms with E-state index in [-0.39, 0.29) is 10.7 Å². The fourth-order valence-electron chi connectivity index (χ4n) is 2.49. The van der Waals surface area contributed by atoms with Crippen molar-refractivity contribution in [3.8, 4) is 5.75 Å². The number of nitrogens with one attached hydrogen (secondary N) is 2. The molecular weight excluding hydrogens is 364 g/mol. The predicted octanol–water partition coefficient (Wildman–Crippen LogP) is 3.73. The highest BCUT2D eigenvalue weighted by molar-refractivity contribution is 7.92. The molecule has 0 bridgehead atoms. The Morgan fingerprint density at radius 1 is 0.926 bits per heavy atom. The molecule has 0 spiro atoms. The zero-order valence-corrected chi connectivity index (χ0v) is 15.8. The molecule has 2 N–H and O–H groups in total. The molecule has 0 saturated carbocycles. The van der Waals surface area contributed by atoms with Crippen molar-refractivity contribution in [1.82, 2.24) is 10.2 Å². The van der Waals surface area contributed by atoms with E-state index in [1.165, 1.54) is 0 Å². The van der Waals surface area contributed by atoms with Crippen molar-refractivity contribution in [3.63, 3.8) is 0 Å². The van der Waals surface area contributed by atoms with Gasteiger partial charge in [0.25, 0.3) is 10.0 Å². The van der Waals surface area contributed by atoms with Crippen molar-refractivity contribution in [2.45, 2.75) is 18.7 Å². The Morgan fingerprint density at radius 3 is 2.30 bits per heavy atom. The van der Waals surface area contributed by atoms with E-state index in [2.05, 4.69) is 20.2 Å². The SMILES string of the molecule is CCOc1ccccc1Nc1ccc(NS(=O)(=O)c2ccccc2C)nn1. The zero-order chi connectivity index (χ0) is 19.3. The van der Waals surface area contributed by atoms with Crippen LogP contribution < -0.4 is 14.8 Å². The summed E-state index contributed by atoms with van der Waals surface area (Å²) in [5, 5.41) is 11.1. The minimum atomic E-state index is -3.72. The molecule has 0 atom stereocenters. The van der Waals surface area contributed by atoms with E-state index < -0.39 is 10.0 Å². The largest absolute Gasteiger partial charge is 0.492 e. The summed E-state index contributed by atoms with van der Waals surface area (Å²) in [4.78, 5) is 0.208. The fourth-order valence-corrected chi connectivity index (χ4v) is 3.74. The average molecular weight is 384 g/mol. The number of anilines is 3. The van der Waals surface area contributed by atoms with E-state index in [1.807, 2.05) is 31.2 Å². The number of para-hydroxylation sites is 2. The Bertz CT molecular complexity index is 1020. The van der Waals surface area contributed by atoms with Crippen LogP contribution in [0.25, 0.3) is 0 Å². The first kappa shape index (κ1) is 18.7. The van der Waals surface area contributed by atoms with Gasteiger partial charge in [-0.3, -0.25) is 4.72 Å². The normalized spacial score (nSPS) is 11.0. The number of hydrogen-bond donors (Lipinski definition) is 2. The van der Waals surface area contributed by atoms with Gasteiger partial charge in [-0.05, 0) is 49.7 Å². The number of benzene rings is 2. The van der Waals surface area contributed by atoms with Gasteiger partial charge in [-0.2, -0.15) is 0 Å². The van der Waals surface area contributed by atoms with Crippen molar-refractivity contribution < 1.29 is 13.2 Å². The quantitative estimate of drug-likeness (QED) is 0.645. The lowest BCUT2D eigenvalue weighted by Crippen LogP contribution is -2.15. The molecule has 8 heteroatoms. The van der Waals surface area contributed by atoms with Crippen LogP contribution in [0.3, 0.4) is 0 Å². The highest BCUT2D eigenvalue weighted by Gasteiger charge is 2.17. The molecule has 140 valence electrons. The van der Waals surface area contributed by atoms with E-state index in [4.69, 9.17) is 4.74 Å². The highest BCUT2D eigenvalue weighted by atomic mass is 32.2. The second kappa shape index (κ2) is 8.05. The van der Waals surface area contributed by atoms with Crippen LogP contribution in [-0.4, -0.2) is 25.2 Å². The molecule has 0 radical (unpaired) electrons. The summed E-state index contributed by atoms with van der Waals surface area (Å²) in [6.07, 6.45) is 0. The van der Waals surface area contributed by atoms with Gasteiger partial charge in [0, 0.05) is 0 Å². The highest BCUT2D eigenvalue weighted by Crippen LogP contribution is 2.26. The van der Waals surface area contributed by atoms with Gasteiger partial charge in [0.2, 0.25) is 0 Å². The van der Waals surface area contributed by atoms with Gasteiger partial charge in [0.15, 0.2) is 11.6 Å².